The van der Waals surface area contributed by atoms with E-state index in [-0.39, 0.29) is 12.0 Å². The number of anilines is 1. The van der Waals surface area contributed by atoms with Crippen LogP contribution in [0.4, 0.5) is 5.69 Å². The minimum absolute atomic E-state index is 0.222. The van der Waals surface area contributed by atoms with Crippen LogP contribution >= 0.6 is 11.3 Å². The highest BCUT2D eigenvalue weighted by molar-refractivity contribution is 7.11. The molecule has 2 aliphatic rings. The molecule has 0 aromatic carbocycles. The zero-order valence-corrected chi connectivity index (χ0v) is 14.2. The number of hydrogen-bond donors (Lipinski definition) is 1. The standard InChI is InChI=1S/C17H20N4O2S/c22-16(19-13-3-6-18-7-4-13)14-11-24-17(20-14)23-15-5-9-21-8-1-2-12(15)10-21/h3-4,6-7,11-12,15H,1-2,5,8-10H2,(H,18,19,22)/t12?,15-/m0/s1. The van der Waals surface area contributed by atoms with Gasteiger partial charge in [-0.15, -0.1) is 0 Å². The number of nitrogens with one attached hydrogen (secondary N) is 1. The molecular formula is C17H20N4O2S. The van der Waals surface area contributed by atoms with Crippen molar-refractivity contribution in [2.24, 2.45) is 5.92 Å². The van der Waals surface area contributed by atoms with Crippen LogP contribution in [-0.2, 0) is 0 Å². The molecule has 2 aromatic heterocycles. The first-order valence-corrected chi connectivity index (χ1v) is 9.22. The number of aromatic nitrogens is 2. The van der Waals surface area contributed by atoms with E-state index in [2.05, 4.69) is 20.2 Å². The van der Waals surface area contributed by atoms with Gasteiger partial charge < -0.3 is 15.0 Å². The van der Waals surface area contributed by atoms with Crippen LogP contribution < -0.4 is 10.1 Å². The van der Waals surface area contributed by atoms with Gasteiger partial charge in [-0.25, -0.2) is 0 Å². The predicted octanol–water partition coefficient (Wildman–Crippen LogP) is 2.65. The number of carbonyl (C=O) groups is 1. The zero-order valence-electron chi connectivity index (χ0n) is 13.4. The summed E-state index contributed by atoms with van der Waals surface area (Å²) in [4.78, 5) is 23.1. The topological polar surface area (TPSA) is 67.3 Å². The average Bonchev–Trinajstić information content (AvgIpc) is 3.08. The Labute approximate surface area is 144 Å². The summed E-state index contributed by atoms with van der Waals surface area (Å²) >= 11 is 1.39. The van der Waals surface area contributed by atoms with Gasteiger partial charge in [0.15, 0.2) is 0 Å². The molecule has 3 atom stereocenters. The van der Waals surface area contributed by atoms with Gasteiger partial charge in [-0.2, -0.15) is 4.98 Å². The van der Waals surface area contributed by atoms with E-state index in [1.165, 1.54) is 30.7 Å². The van der Waals surface area contributed by atoms with Crippen molar-refractivity contribution >= 4 is 22.9 Å². The maximum absolute atomic E-state index is 12.2. The molecule has 2 aliphatic heterocycles. The van der Waals surface area contributed by atoms with Gasteiger partial charge >= 0.3 is 0 Å². The molecule has 2 fully saturated rings. The summed E-state index contributed by atoms with van der Waals surface area (Å²) in [5, 5.41) is 5.16. The Balaban J connectivity index is 1.38. The summed E-state index contributed by atoms with van der Waals surface area (Å²) in [5.74, 6) is 0.366. The van der Waals surface area contributed by atoms with Gasteiger partial charge in [0, 0.05) is 42.5 Å². The molecule has 2 saturated heterocycles. The quantitative estimate of drug-likeness (QED) is 0.923. The van der Waals surface area contributed by atoms with Gasteiger partial charge in [0.05, 0.1) is 0 Å². The Morgan fingerprint density at radius 2 is 2.17 bits per heavy atom. The molecule has 1 N–H and O–H groups in total. The summed E-state index contributed by atoms with van der Waals surface area (Å²) in [6.07, 6.45) is 7.03. The second-order valence-electron chi connectivity index (χ2n) is 6.34. The first-order chi connectivity index (χ1) is 11.8. The van der Waals surface area contributed by atoms with E-state index in [1.54, 1.807) is 29.9 Å². The predicted molar refractivity (Wildman–Crippen MR) is 92.5 cm³/mol. The molecule has 4 heterocycles. The summed E-state index contributed by atoms with van der Waals surface area (Å²) in [6.45, 7) is 3.45. The molecule has 2 unspecified atom stereocenters. The Morgan fingerprint density at radius 1 is 1.29 bits per heavy atom. The second-order valence-corrected chi connectivity index (χ2v) is 7.16. The largest absolute Gasteiger partial charge is 0.466 e. The summed E-state index contributed by atoms with van der Waals surface area (Å²) in [5.41, 5.74) is 1.10. The van der Waals surface area contributed by atoms with Crippen molar-refractivity contribution in [1.29, 1.82) is 0 Å². The molecule has 2 bridgehead atoms. The molecular weight excluding hydrogens is 324 g/mol. The lowest BCUT2D eigenvalue weighted by atomic mass is 9.87. The first-order valence-electron chi connectivity index (χ1n) is 8.34. The number of hydrogen-bond acceptors (Lipinski definition) is 6. The summed E-state index contributed by atoms with van der Waals surface area (Å²) < 4.78 is 6.11. The number of piperidine rings is 2. The van der Waals surface area contributed by atoms with Gasteiger partial charge in [-0.3, -0.25) is 9.78 Å². The van der Waals surface area contributed by atoms with Crippen molar-refractivity contribution in [3.63, 3.8) is 0 Å². The third-order valence-corrected chi connectivity index (χ3v) is 5.43. The van der Waals surface area contributed by atoms with Crippen LogP contribution in [0.2, 0.25) is 0 Å². The SMILES string of the molecule is O=C(Nc1ccncc1)c1csc(O[C@H]2CCN3CCCC2C3)n1. The molecule has 0 aliphatic carbocycles. The first kappa shape index (κ1) is 15.5. The summed E-state index contributed by atoms with van der Waals surface area (Å²) in [6, 6.07) is 3.50. The smallest absolute Gasteiger partial charge is 0.275 e. The van der Waals surface area contributed by atoms with E-state index in [0.717, 1.165) is 19.5 Å². The molecule has 0 radical (unpaired) electrons. The second kappa shape index (κ2) is 6.86. The average molecular weight is 344 g/mol. The molecule has 7 heteroatoms. The van der Waals surface area contributed by atoms with Crippen LogP contribution in [0.1, 0.15) is 29.8 Å². The molecule has 6 nitrogen and oxygen atoms in total. The molecule has 0 spiro atoms. The van der Waals surface area contributed by atoms with Gasteiger partial charge in [0.2, 0.25) is 0 Å². The fourth-order valence-corrected chi connectivity index (χ4v) is 4.18. The number of fused-ring (bicyclic) bond motifs is 2. The van der Waals surface area contributed by atoms with Crippen LogP contribution in [0.5, 0.6) is 5.19 Å². The monoisotopic (exact) mass is 344 g/mol. The van der Waals surface area contributed by atoms with Crippen molar-refractivity contribution in [3.05, 3.63) is 35.6 Å². The lowest BCUT2D eigenvalue weighted by molar-refractivity contribution is 0.0149. The number of pyridine rings is 1. The molecule has 1 amide bonds. The lowest BCUT2D eigenvalue weighted by Gasteiger charge is -2.41. The molecule has 126 valence electrons. The number of amides is 1. The van der Waals surface area contributed by atoms with E-state index in [4.69, 9.17) is 4.74 Å². The number of nitrogens with zero attached hydrogens (tertiary/aromatic N) is 3. The van der Waals surface area contributed by atoms with Gasteiger partial charge in [0.1, 0.15) is 11.8 Å². The van der Waals surface area contributed by atoms with Crippen LogP contribution in [-0.4, -0.2) is 46.5 Å². The van der Waals surface area contributed by atoms with E-state index in [0.29, 0.717) is 22.5 Å². The van der Waals surface area contributed by atoms with E-state index < -0.39 is 0 Å². The van der Waals surface area contributed by atoms with Crippen molar-refractivity contribution in [2.75, 3.05) is 25.0 Å². The van der Waals surface area contributed by atoms with Crippen LogP contribution in [0, 0.1) is 5.92 Å². The molecule has 2 aromatic rings. The van der Waals surface area contributed by atoms with Crippen molar-refractivity contribution < 1.29 is 9.53 Å². The summed E-state index contributed by atoms with van der Waals surface area (Å²) in [7, 11) is 0. The Hall–Kier alpha value is -1.99. The highest BCUT2D eigenvalue weighted by Crippen LogP contribution is 2.31. The maximum Gasteiger partial charge on any atom is 0.275 e. The zero-order chi connectivity index (χ0) is 16.4. The van der Waals surface area contributed by atoms with Crippen LogP contribution in [0.15, 0.2) is 29.9 Å². The molecule has 24 heavy (non-hydrogen) atoms. The Morgan fingerprint density at radius 3 is 3.04 bits per heavy atom. The fourth-order valence-electron chi connectivity index (χ4n) is 3.47. The van der Waals surface area contributed by atoms with Crippen molar-refractivity contribution in [3.8, 4) is 5.19 Å². The highest BCUT2D eigenvalue weighted by atomic mass is 32.1. The van der Waals surface area contributed by atoms with Gasteiger partial charge in [0.25, 0.3) is 11.1 Å². The van der Waals surface area contributed by atoms with Gasteiger partial charge in [-0.05, 0) is 37.9 Å². The number of thiazole rings is 1. The number of ether oxygens (including phenoxy) is 1. The Kier molecular flexibility index (Phi) is 4.44. The Bertz CT molecular complexity index is 706. The van der Waals surface area contributed by atoms with Crippen molar-refractivity contribution in [1.82, 2.24) is 14.9 Å². The molecule has 4 rings (SSSR count). The highest BCUT2D eigenvalue weighted by Gasteiger charge is 2.33. The third kappa shape index (κ3) is 3.42. The van der Waals surface area contributed by atoms with Crippen LogP contribution in [0.3, 0.4) is 0 Å². The normalized spacial score (nSPS) is 25.9. The third-order valence-electron chi connectivity index (χ3n) is 4.70. The lowest BCUT2D eigenvalue weighted by Crippen LogP contribution is -2.48. The fraction of sp³-hybridized carbons (Fsp3) is 0.471. The number of carbonyl (C=O) groups excluding carboxylic acids is 1. The van der Waals surface area contributed by atoms with Crippen LogP contribution in [0.25, 0.3) is 0 Å². The van der Waals surface area contributed by atoms with Gasteiger partial charge in [-0.1, -0.05) is 11.3 Å². The number of rotatable bonds is 4. The minimum atomic E-state index is -0.222. The maximum atomic E-state index is 12.2. The van der Waals surface area contributed by atoms with E-state index in [9.17, 15) is 4.79 Å². The van der Waals surface area contributed by atoms with E-state index >= 15 is 0 Å². The van der Waals surface area contributed by atoms with Crippen molar-refractivity contribution in [2.45, 2.75) is 25.4 Å². The van der Waals surface area contributed by atoms with E-state index in [1.807, 2.05) is 0 Å². The molecule has 0 saturated carbocycles. The minimum Gasteiger partial charge on any atom is -0.466 e.